The maximum absolute atomic E-state index is 4.21. The van der Waals surface area contributed by atoms with Crippen molar-refractivity contribution in [2.45, 2.75) is 32.6 Å². The van der Waals surface area contributed by atoms with Crippen molar-refractivity contribution >= 4 is 11.8 Å². The molecule has 2 aliphatic carbocycles. The molecule has 184 valence electrons. The Morgan fingerprint density at radius 2 is 1.83 bits per heavy atom. The molecule has 2 aliphatic rings. The molecule has 1 N–H and O–H groups in total. The van der Waals surface area contributed by atoms with Crippen LogP contribution in [0.5, 0.6) is 0 Å². The Balaban J connectivity index is 2.21. The highest BCUT2D eigenvalue weighted by atomic mass is 15.1. The average molecular weight is 468 g/mol. The van der Waals surface area contributed by atoms with E-state index < -0.39 is 0 Å². The van der Waals surface area contributed by atoms with Gasteiger partial charge in [-0.05, 0) is 73.2 Å². The van der Waals surface area contributed by atoms with E-state index in [1.165, 1.54) is 39.2 Å². The van der Waals surface area contributed by atoms with Crippen molar-refractivity contribution in [3.63, 3.8) is 0 Å². The van der Waals surface area contributed by atoms with Crippen molar-refractivity contribution in [3.05, 3.63) is 119 Å². The zero-order chi connectivity index (χ0) is 25.4. The molecule has 0 spiro atoms. The molecule has 1 aromatic rings. The van der Waals surface area contributed by atoms with Gasteiger partial charge in [-0.25, -0.2) is 0 Å². The third-order valence-corrected chi connectivity index (χ3v) is 6.61. The Labute approximate surface area is 212 Å². The molecular formula is C32H41N3. The molecule has 0 radical (unpaired) electrons. The Morgan fingerprint density at radius 3 is 2.51 bits per heavy atom. The lowest BCUT2D eigenvalue weighted by Gasteiger charge is -2.26. The Bertz CT molecular complexity index is 1130. The van der Waals surface area contributed by atoms with Gasteiger partial charge in [0.1, 0.15) is 0 Å². The molecule has 0 aliphatic heterocycles. The van der Waals surface area contributed by atoms with Crippen LogP contribution in [0.15, 0.2) is 102 Å². The second-order valence-electron chi connectivity index (χ2n) is 9.39. The number of hydrogen-bond acceptors (Lipinski definition) is 3. The number of nitrogens with one attached hydrogen (secondary N) is 1. The summed E-state index contributed by atoms with van der Waals surface area (Å²) in [7, 11) is 8.25. The van der Waals surface area contributed by atoms with E-state index >= 15 is 0 Å². The second-order valence-corrected chi connectivity index (χ2v) is 9.39. The molecule has 3 heteroatoms. The molecule has 0 saturated heterocycles. The number of likely N-dealkylation sites (N-methyl/N-ethyl adjacent to an activating group) is 2. The van der Waals surface area contributed by atoms with E-state index in [1.807, 2.05) is 19.0 Å². The molecule has 1 unspecified atom stereocenters. The highest BCUT2D eigenvalue weighted by Crippen LogP contribution is 2.41. The Kier molecular flexibility index (Phi) is 9.19. The summed E-state index contributed by atoms with van der Waals surface area (Å²) >= 11 is 0. The number of fused-ring (bicyclic) bond motifs is 1. The normalized spacial score (nSPS) is 16.2. The topological polar surface area (TPSA) is 18.5 Å². The van der Waals surface area contributed by atoms with E-state index in [4.69, 9.17) is 0 Å². The SMILES string of the molecule is C=C(/C=C\C(=C/C)C(C1=CC=C(N(C)C)C=CC1)c1ccc(NCC)c2c1C=CC=CC2)N(C)C. The highest BCUT2D eigenvalue weighted by Gasteiger charge is 2.24. The van der Waals surface area contributed by atoms with Crippen LogP contribution >= 0.6 is 0 Å². The predicted octanol–water partition coefficient (Wildman–Crippen LogP) is 7.24. The predicted molar refractivity (Wildman–Crippen MR) is 155 cm³/mol. The van der Waals surface area contributed by atoms with Gasteiger partial charge in [0.15, 0.2) is 0 Å². The zero-order valence-corrected chi connectivity index (χ0v) is 22.3. The quantitative estimate of drug-likeness (QED) is 0.386. The molecule has 0 saturated carbocycles. The zero-order valence-electron chi connectivity index (χ0n) is 22.3. The van der Waals surface area contributed by atoms with E-state index in [0.29, 0.717) is 0 Å². The molecule has 3 rings (SSSR count). The van der Waals surface area contributed by atoms with Crippen LogP contribution in [0.1, 0.15) is 42.9 Å². The van der Waals surface area contributed by atoms with E-state index in [-0.39, 0.29) is 5.92 Å². The van der Waals surface area contributed by atoms with E-state index in [0.717, 1.165) is 25.1 Å². The number of anilines is 1. The van der Waals surface area contributed by atoms with Gasteiger partial charge in [-0.3, -0.25) is 0 Å². The van der Waals surface area contributed by atoms with Gasteiger partial charge in [-0.1, -0.05) is 66.8 Å². The summed E-state index contributed by atoms with van der Waals surface area (Å²) < 4.78 is 0. The minimum absolute atomic E-state index is 0.140. The Hall–Kier alpha value is -3.46. The lowest BCUT2D eigenvalue weighted by molar-refractivity contribution is 0.530. The van der Waals surface area contributed by atoms with Gasteiger partial charge in [0, 0.05) is 57.7 Å². The van der Waals surface area contributed by atoms with Crippen LogP contribution in [-0.4, -0.2) is 44.5 Å². The number of rotatable bonds is 9. The van der Waals surface area contributed by atoms with Gasteiger partial charge in [-0.15, -0.1) is 0 Å². The molecule has 0 bridgehead atoms. The summed E-state index contributed by atoms with van der Waals surface area (Å²) in [5.41, 5.74) is 10.1. The molecule has 1 atom stereocenters. The maximum Gasteiger partial charge on any atom is 0.0382 e. The van der Waals surface area contributed by atoms with Crippen molar-refractivity contribution in [2.75, 3.05) is 40.1 Å². The molecule has 3 nitrogen and oxygen atoms in total. The van der Waals surface area contributed by atoms with Crippen LogP contribution in [0, 0.1) is 0 Å². The maximum atomic E-state index is 4.21. The van der Waals surface area contributed by atoms with Crippen LogP contribution in [0.2, 0.25) is 0 Å². The monoisotopic (exact) mass is 467 g/mol. The number of hydrogen-bond donors (Lipinski definition) is 1. The van der Waals surface area contributed by atoms with Crippen LogP contribution < -0.4 is 5.32 Å². The number of nitrogens with zero attached hydrogens (tertiary/aromatic N) is 2. The number of benzene rings is 1. The van der Waals surface area contributed by atoms with Gasteiger partial charge in [0.25, 0.3) is 0 Å². The molecule has 0 fully saturated rings. The molecule has 0 aromatic heterocycles. The largest absolute Gasteiger partial charge is 0.385 e. The van der Waals surface area contributed by atoms with E-state index in [2.05, 4.69) is 124 Å². The first-order valence-electron chi connectivity index (χ1n) is 12.5. The summed E-state index contributed by atoms with van der Waals surface area (Å²) in [4.78, 5) is 4.21. The smallest absolute Gasteiger partial charge is 0.0382 e. The fraction of sp³-hybridized carbons (Fsp3) is 0.312. The first-order chi connectivity index (χ1) is 16.9. The third-order valence-electron chi connectivity index (χ3n) is 6.61. The van der Waals surface area contributed by atoms with Crippen molar-refractivity contribution < 1.29 is 0 Å². The fourth-order valence-electron chi connectivity index (χ4n) is 4.56. The molecule has 1 aromatic carbocycles. The van der Waals surface area contributed by atoms with Crippen molar-refractivity contribution in [2.24, 2.45) is 0 Å². The average Bonchev–Trinajstić information content (AvgIpc) is 3.24. The van der Waals surface area contributed by atoms with Gasteiger partial charge in [0.2, 0.25) is 0 Å². The molecular weight excluding hydrogens is 426 g/mol. The van der Waals surface area contributed by atoms with Crippen LogP contribution in [0.3, 0.4) is 0 Å². The van der Waals surface area contributed by atoms with E-state index in [1.54, 1.807) is 0 Å². The minimum Gasteiger partial charge on any atom is -0.385 e. The van der Waals surface area contributed by atoms with Gasteiger partial charge >= 0.3 is 0 Å². The van der Waals surface area contributed by atoms with Crippen molar-refractivity contribution in [1.82, 2.24) is 9.80 Å². The highest BCUT2D eigenvalue weighted by molar-refractivity contribution is 5.72. The van der Waals surface area contributed by atoms with Crippen molar-refractivity contribution in [1.29, 1.82) is 0 Å². The second kappa shape index (κ2) is 12.3. The first kappa shape index (κ1) is 26.2. The van der Waals surface area contributed by atoms with Crippen LogP contribution in [0.25, 0.3) is 6.08 Å². The summed E-state index contributed by atoms with van der Waals surface area (Å²) in [6, 6.07) is 4.59. The summed E-state index contributed by atoms with van der Waals surface area (Å²) in [6.45, 7) is 9.41. The van der Waals surface area contributed by atoms with Gasteiger partial charge < -0.3 is 15.1 Å². The molecule has 0 amide bonds. The van der Waals surface area contributed by atoms with Gasteiger partial charge in [0.05, 0.1) is 0 Å². The lowest BCUT2D eigenvalue weighted by atomic mass is 9.78. The first-order valence-corrected chi connectivity index (χ1v) is 12.5. The standard InChI is InChI=1S/C32H41N3/c1-8-25(19-18-24(3)34(4)5)32(26-14-13-15-27(21-20-26)35(6)7)30-22-23-31(33-9-2)29-17-12-10-11-16-28(29)30/h8,10-13,15-16,18-23,32-33H,3,9,14,17H2,1-2,4-7H3/b19-18-,25-8+. The van der Waals surface area contributed by atoms with Crippen molar-refractivity contribution in [3.8, 4) is 0 Å². The van der Waals surface area contributed by atoms with E-state index in [9.17, 15) is 0 Å². The molecule has 35 heavy (non-hydrogen) atoms. The summed E-state index contributed by atoms with van der Waals surface area (Å²) in [6.07, 6.45) is 26.4. The molecule has 0 heterocycles. The summed E-state index contributed by atoms with van der Waals surface area (Å²) in [5.74, 6) is 0.140. The number of allylic oxidation sites excluding steroid dienone is 12. The van der Waals surface area contributed by atoms with Gasteiger partial charge in [-0.2, -0.15) is 0 Å². The minimum atomic E-state index is 0.140. The van der Waals surface area contributed by atoms with Crippen LogP contribution in [-0.2, 0) is 6.42 Å². The Morgan fingerprint density at radius 1 is 1.03 bits per heavy atom. The lowest BCUT2D eigenvalue weighted by Crippen LogP contribution is -2.11. The summed E-state index contributed by atoms with van der Waals surface area (Å²) in [5, 5.41) is 3.58. The van der Waals surface area contributed by atoms with Crippen LogP contribution in [0.4, 0.5) is 5.69 Å². The fourth-order valence-corrected chi connectivity index (χ4v) is 4.56. The third kappa shape index (κ3) is 6.36.